The molecule has 3 rings (SSSR count). The molecular weight excluding hydrogens is 326 g/mol. The highest BCUT2D eigenvalue weighted by atomic mass is 16.5. The summed E-state index contributed by atoms with van der Waals surface area (Å²) in [6.45, 7) is 0. The number of rotatable bonds is 3. The second-order valence-electron chi connectivity index (χ2n) is 5.13. The van der Waals surface area contributed by atoms with Crippen LogP contribution in [0.15, 0.2) is 58.7 Å². The molecule has 2 heterocycles. The quantitative estimate of drug-likeness (QED) is 0.817. The monoisotopic (exact) mass is 341 g/mol. The van der Waals surface area contributed by atoms with E-state index >= 15 is 0 Å². The van der Waals surface area contributed by atoms with Gasteiger partial charge in [0, 0.05) is 11.9 Å². The number of fused-ring (bicyclic) bond motifs is 1. The fourth-order valence-corrected chi connectivity index (χ4v) is 2.54. The van der Waals surface area contributed by atoms with E-state index < -0.39 is 11.9 Å². The van der Waals surface area contributed by atoms with Crippen LogP contribution in [0.1, 0.15) is 0 Å². The lowest BCUT2D eigenvalue weighted by Crippen LogP contribution is -2.26. The first-order valence-corrected chi connectivity index (χ1v) is 7.32. The maximum atomic E-state index is 12.3. The van der Waals surface area contributed by atoms with E-state index in [1.807, 2.05) is 0 Å². The number of esters is 2. The van der Waals surface area contributed by atoms with Crippen LogP contribution in [-0.4, -0.2) is 36.1 Å². The molecule has 8 nitrogen and oxygen atoms in total. The fraction of sp³-hybridized carbons (Fsp3) is 0.118. The van der Waals surface area contributed by atoms with E-state index in [4.69, 9.17) is 9.47 Å². The van der Waals surface area contributed by atoms with Crippen molar-refractivity contribution in [1.29, 1.82) is 0 Å². The Labute approximate surface area is 142 Å². The summed E-state index contributed by atoms with van der Waals surface area (Å²) < 4.78 is 9.60. The number of allylic oxidation sites excluding steroid dienone is 2. The van der Waals surface area contributed by atoms with Crippen molar-refractivity contribution in [2.24, 2.45) is 0 Å². The van der Waals surface area contributed by atoms with Gasteiger partial charge in [0.2, 0.25) is 0 Å². The van der Waals surface area contributed by atoms with Gasteiger partial charge < -0.3 is 24.3 Å². The molecule has 1 aromatic carbocycles. The lowest BCUT2D eigenvalue weighted by atomic mass is 10.1. The van der Waals surface area contributed by atoms with Gasteiger partial charge in [-0.3, -0.25) is 0 Å². The van der Waals surface area contributed by atoms with Crippen LogP contribution < -0.4 is 10.6 Å². The number of aromatic amines is 2. The van der Waals surface area contributed by atoms with Crippen molar-refractivity contribution >= 4 is 28.7 Å². The smallest absolute Gasteiger partial charge is 0.355 e. The van der Waals surface area contributed by atoms with Crippen molar-refractivity contribution in [1.82, 2.24) is 9.97 Å². The fourth-order valence-electron chi connectivity index (χ4n) is 2.54. The van der Waals surface area contributed by atoms with Gasteiger partial charge in [0.15, 0.2) is 0 Å². The highest BCUT2D eigenvalue weighted by Gasteiger charge is 2.27. The topological polar surface area (TPSA) is 104 Å². The average Bonchev–Trinajstić information content (AvgIpc) is 2.85. The first-order valence-electron chi connectivity index (χ1n) is 7.32. The van der Waals surface area contributed by atoms with Crippen LogP contribution in [0.2, 0.25) is 0 Å². The molecule has 0 radical (unpaired) electrons. The highest BCUT2D eigenvalue weighted by Crippen LogP contribution is 2.27. The summed E-state index contributed by atoms with van der Waals surface area (Å²) >= 11 is 0. The Morgan fingerprint density at radius 3 is 2.44 bits per heavy atom. The predicted molar refractivity (Wildman–Crippen MR) is 90.7 cm³/mol. The molecule has 2 N–H and O–H groups in total. The summed E-state index contributed by atoms with van der Waals surface area (Å²) in [4.78, 5) is 42.7. The summed E-state index contributed by atoms with van der Waals surface area (Å²) in [7, 11) is 2.46. The van der Waals surface area contributed by atoms with Crippen LogP contribution in [0.4, 0.5) is 5.69 Å². The van der Waals surface area contributed by atoms with Crippen molar-refractivity contribution < 1.29 is 19.1 Å². The van der Waals surface area contributed by atoms with Crippen LogP contribution in [0.5, 0.6) is 0 Å². The van der Waals surface area contributed by atoms with E-state index in [2.05, 4.69) is 9.97 Å². The zero-order valence-electron chi connectivity index (χ0n) is 13.5. The first kappa shape index (κ1) is 16.3. The number of imidazole rings is 1. The third-order valence-corrected chi connectivity index (χ3v) is 3.67. The molecule has 8 heteroatoms. The van der Waals surface area contributed by atoms with Gasteiger partial charge >= 0.3 is 17.6 Å². The summed E-state index contributed by atoms with van der Waals surface area (Å²) in [5.74, 6) is -1.36. The van der Waals surface area contributed by atoms with E-state index in [0.29, 0.717) is 16.7 Å². The Bertz CT molecular complexity index is 993. The number of hydrogen-bond donors (Lipinski definition) is 2. The molecule has 1 aliphatic heterocycles. The van der Waals surface area contributed by atoms with Gasteiger partial charge in [-0.05, 0) is 30.4 Å². The van der Waals surface area contributed by atoms with Crippen LogP contribution in [0, 0.1) is 0 Å². The Morgan fingerprint density at radius 2 is 1.72 bits per heavy atom. The zero-order valence-corrected chi connectivity index (χ0v) is 13.5. The number of aromatic nitrogens is 2. The van der Waals surface area contributed by atoms with Crippen LogP contribution in [0.25, 0.3) is 11.0 Å². The van der Waals surface area contributed by atoms with Gasteiger partial charge in [0.05, 0.1) is 30.8 Å². The number of ether oxygens (including phenoxy) is 2. The molecule has 0 unspecified atom stereocenters. The molecule has 0 bridgehead atoms. The summed E-state index contributed by atoms with van der Waals surface area (Å²) in [6, 6.07) is 5.09. The Balaban J connectivity index is 2.20. The minimum atomic E-state index is -0.695. The largest absolute Gasteiger partial charge is 0.465 e. The molecule has 0 saturated heterocycles. The standard InChI is InChI=1S/C17H15N3O5/c1-24-15(21)11-5-3-4-8-20(14(11)16(22)25-2)10-6-7-12-13(9-10)19-17(23)18-12/h3-9H,1-2H3,(H2,18,19,23). The molecule has 0 aliphatic carbocycles. The molecular formula is C17H15N3O5. The summed E-state index contributed by atoms with van der Waals surface area (Å²) in [6.07, 6.45) is 6.38. The number of nitrogens with zero attached hydrogens (tertiary/aromatic N) is 1. The summed E-state index contributed by atoms with van der Waals surface area (Å²) in [5.41, 5.74) is 1.49. The van der Waals surface area contributed by atoms with Crippen molar-refractivity contribution in [3.63, 3.8) is 0 Å². The second-order valence-corrected chi connectivity index (χ2v) is 5.13. The van der Waals surface area contributed by atoms with Crippen LogP contribution in [0.3, 0.4) is 0 Å². The number of nitrogens with one attached hydrogen (secondary N) is 2. The molecule has 128 valence electrons. The Morgan fingerprint density at radius 1 is 1.00 bits per heavy atom. The van der Waals surface area contributed by atoms with E-state index in [0.717, 1.165) is 0 Å². The highest BCUT2D eigenvalue weighted by molar-refractivity contribution is 6.05. The van der Waals surface area contributed by atoms with Crippen molar-refractivity contribution in [2.45, 2.75) is 0 Å². The number of anilines is 1. The SMILES string of the molecule is COC(=O)C1=C(C(=O)OC)N(c2ccc3[nH]c(=O)[nH]c3c2)C=CC=C1. The van der Waals surface area contributed by atoms with Gasteiger partial charge in [0.1, 0.15) is 5.70 Å². The number of carbonyl (C=O) groups is 2. The van der Waals surface area contributed by atoms with E-state index in [-0.39, 0.29) is 17.0 Å². The van der Waals surface area contributed by atoms with Gasteiger partial charge in [-0.2, -0.15) is 0 Å². The Hall–Kier alpha value is -3.55. The van der Waals surface area contributed by atoms with Crippen LogP contribution in [-0.2, 0) is 19.1 Å². The number of methoxy groups -OCH3 is 2. The van der Waals surface area contributed by atoms with Gasteiger partial charge in [-0.15, -0.1) is 0 Å². The minimum Gasteiger partial charge on any atom is -0.465 e. The molecule has 25 heavy (non-hydrogen) atoms. The van der Waals surface area contributed by atoms with E-state index in [1.54, 1.807) is 36.6 Å². The van der Waals surface area contributed by atoms with Gasteiger partial charge in [-0.1, -0.05) is 6.08 Å². The number of benzene rings is 1. The maximum absolute atomic E-state index is 12.3. The Kier molecular flexibility index (Phi) is 4.25. The molecule has 0 atom stereocenters. The lowest BCUT2D eigenvalue weighted by molar-refractivity contribution is -0.139. The predicted octanol–water partition coefficient (Wildman–Crippen LogP) is 1.35. The van der Waals surface area contributed by atoms with Gasteiger partial charge in [0.25, 0.3) is 0 Å². The first-order chi connectivity index (χ1) is 12.0. The normalized spacial score (nSPS) is 13.9. The third-order valence-electron chi connectivity index (χ3n) is 3.67. The lowest BCUT2D eigenvalue weighted by Gasteiger charge is -2.23. The molecule has 0 amide bonds. The molecule has 1 aromatic heterocycles. The maximum Gasteiger partial charge on any atom is 0.355 e. The molecule has 0 spiro atoms. The molecule has 0 saturated carbocycles. The van der Waals surface area contributed by atoms with Crippen molar-refractivity contribution in [3.8, 4) is 0 Å². The molecule has 1 aliphatic rings. The second kappa shape index (κ2) is 6.52. The van der Waals surface area contributed by atoms with Crippen molar-refractivity contribution in [3.05, 3.63) is 64.4 Å². The molecule has 0 fully saturated rings. The van der Waals surface area contributed by atoms with Gasteiger partial charge in [-0.25, -0.2) is 14.4 Å². The number of carbonyl (C=O) groups excluding carboxylic acids is 2. The van der Waals surface area contributed by atoms with Crippen molar-refractivity contribution in [2.75, 3.05) is 19.1 Å². The zero-order chi connectivity index (χ0) is 18.0. The minimum absolute atomic E-state index is 0.0107. The van der Waals surface area contributed by atoms with E-state index in [1.165, 1.54) is 25.2 Å². The third kappa shape index (κ3) is 2.97. The average molecular weight is 341 g/mol. The van der Waals surface area contributed by atoms with E-state index in [9.17, 15) is 14.4 Å². The summed E-state index contributed by atoms with van der Waals surface area (Å²) in [5, 5.41) is 0. The van der Waals surface area contributed by atoms with Crippen LogP contribution >= 0.6 is 0 Å². The number of H-pyrrole nitrogens is 2. The molecule has 2 aromatic rings. The number of hydrogen-bond acceptors (Lipinski definition) is 6.